The molecule has 1 fully saturated rings. The molecule has 5 rings (SSSR count). The van der Waals surface area contributed by atoms with E-state index in [9.17, 15) is 0 Å². The Bertz CT molecular complexity index is 1190. The van der Waals surface area contributed by atoms with Gasteiger partial charge in [0, 0.05) is 12.7 Å². The van der Waals surface area contributed by atoms with Crippen LogP contribution in [0.3, 0.4) is 0 Å². The van der Waals surface area contributed by atoms with Gasteiger partial charge in [-0.3, -0.25) is 0 Å². The minimum atomic E-state index is -0.0650. The lowest BCUT2D eigenvalue weighted by atomic mass is 9.99. The molecule has 34 heavy (non-hydrogen) atoms. The van der Waals surface area contributed by atoms with E-state index in [0.717, 1.165) is 60.0 Å². The van der Waals surface area contributed by atoms with Crippen LogP contribution in [0, 0.1) is 6.92 Å². The lowest BCUT2D eigenvalue weighted by molar-refractivity contribution is -0.0419. The highest BCUT2D eigenvalue weighted by atomic mass is 16.7. The van der Waals surface area contributed by atoms with E-state index in [2.05, 4.69) is 51.4 Å². The van der Waals surface area contributed by atoms with Crippen LogP contribution >= 0.6 is 0 Å². The smallest absolute Gasteiger partial charge is 0.171 e. The Morgan fingerprint density at radius 1 is 1.18 bits per heavy atom. The van der Waals surface area contributed by atoms with Crippen molar-refractivity contribution in [3.8, 4) is 11.4 Å². The molecule has 3 aromatic rings. The van der Waals surface area contributed by atoms with Crippen molar-refractivity contribution < 1.29 is 14.3 Å². The maximum absolute atomic E-state index is 5.88. The number of imidazole rings is 1. The first kappa shape index (κ1) is 22.2. The molecule has 0 spiro atoms. The summed E-state index contributed by atoms with van der Waals surface area (Å²) >= 11 is 0. The molecule has 2 aromatic carbocycles. The molecule has 176 valence electrons. The number of nitrogens with zero attached hydrogens (tertiary/aromatic N) is 4. The van der Waals surface area contributed by atoms with Gasteiger partial charge in [-0.05, 0) is 54.7 Å². The van der Waals surface area contributed by atoms with Gasteiger partial charge in [0.1, 0.15) is 5.75 Å². The number of piperidine rings is 1. The van der Waals surface area contributed by atoms with E-state index in [4.69, 9.17) is 14.3 Å². The Balaban J connectivity index is 1.28. The molecule has 1 atom stereocenters. The Labute approximate surface area is 200 Å². The monoisotopic (exact) mass is 458 g/mol. The van der Waals surface area contributed by atoms with Crippen molar-refractivity contribution in [2.24, 2.45) is 5.16 Å². The largest absolute Gasteiger partial charge is 0.495 e. The number of hydrogen-bond donors (Lipinski definition) is 0. The summed E-state index contributed by atoms with van der Waals surface area (Å²) in [5.41, 5.74) is 5.35. The van der Waals surface area contributed by atoms with Crippen LogP contribution < -0.4 is 4.74 Å². The molecule has 1 unspecified atom stereocenters. The third-order valence-corrected chi connectivity index (χ3v) is 6.12. The number of methoxy groups -OCH3 is 1. The standard InChI is InChI=1S/C27H30N4O3/c1-20-15-31(19-28-20)25-11-10-22(14-26(25)32-2)13-23-9-6-12-30-16-24(34-29-27(23)30)18-33-17-21-7-4-3-5-8-21/h3-5,7-8,10-11,13-15,19,24H,6,9,12,16-18H2,1-2H3/b23-13+. The molecule has 0 saturated carbocycles. The maximum Gasteiger partial charge on any atom is 0.171 e. The molecule has 0 amide bonds. The number of benzene rings is 2. The molecular formula is C27H30N4O3. The predicted molar refractivity (Wildman–Crippen MR) is 132 cm³/mol. The number of fused-ring (bicyclic) bond motifs is 1. The highest BCUT2D eigenvalue weighted by Crippen LogP contribution is 2.29. The first-order valence-electron chi connectivity index (χ1n) is 11.7. The second-order valence-electron chi connectivity index (χ2n) is 8.72. The van der Waals surface area contributed by atoms with Crippen LogP contribution in [0.5, 0.6) is 5.75 Å². The van der Waals surface area contributed by atoms with E-state index in [1.165, 1.54) is 5.57 Å². The normalized spacial score (nSPS) is 18.9. The Hall–Kier alpha value is -3.58. The van der Waals surface area contributed by atoms with E-state index in [-0.39, 0.29) is 6.10 Å². The van der Waals surface area contributed by atoms with Crippen molar-refractivity contribution in [2.45, 2.75) is 32.5 Å². The predicted octanol–water partition coefficient (Wildman–Crippen LogP) is 4.60. The number of aromatic nitrogens is 2. The molecule has 0 bridgehead atoms. The summed E-state index contributed by atoms with van der Waals surface area (Å²) in [6.07, 6.45) is 7.97. The second kappa shape index (κ2) is 10.1. The van der Waals surface area contributed by atoms with E-state index in [1.807, 2.05) is 35.9 Å². The van der Waals surface area contributed by atoms with Gasteiger partial charge in [-0.1, -0.05) is 41.6 Å². The van der Waals surface area contributed by atoms with Crippen LogP contribution in [0.15, 0.2) is 71.8 Å². The lowest BCUT2D eigenvalue weighted by Gasteiger charge is -2.37. The van der Waals surface area contributed by atoms with E-state index in [0.29, 0.717) is 13.2 Å². The van der Waals surface area contributed by atoms with Crippen molar-refractivity contribution >= 4 is 11.9 Å². The molecule has 0 radical (unpaired) electrons. The van der Waals surface area contributed by atoms with Crippen molar-refractivity contribution in [1.82, 2.24) is 14.5 Å². The average Bonchev–Trinajstić information content (AvgIpc) is 3.30. The van der Waals surface area contributed by atoms with E-state index >= 15 is 0 Å². The summed E-state index contributed by atoms with van der Waals surface area (Å²) in [6, 6.07) is 16.4. The van der Waals surface area contributed by atoms with Crippen LogP contribution in [-0.4, -0.2) is 53.2 Å². The van der Waals surface area contributed by atoms with Gasteiger partial charge in [-0.25, -0.2) is 4.98 Å². The quantitative estimate of drug-likeness (QED) is 0.518. The topological polar surface area (TPSA) is 61.1 Å². The van der Waals surface area contributed by atoms with Crippen LogP contribution in [0.4, 0.5) is 0 Å². The SMILES string of the molecule is COc1cc(/C=C2\CCCN3CC(COCc4ccccc4)ON=C23)ccc1-n1cnc(C)c1. The second-order valence-corrected chi connectivity index (χ2v) is 8.72. The Kier molecular flexibility index (Phi) is 6.62. The summed E-state index contributed by atoms with van der Waals surface area (Å²) in [5.74, 6) is 1.73. The number of oxime groups is 1. The summed E-state index contributed by atoms with van der Waals surface area (Å²) < 4.78 is 13.5. The number of hydrogen-bond acceptors (Lipinski definition) is 6. The molecule has 1 saturated heterocycles. The van der Waals surface area contributed by atoms with Gasteiger partial charge in [0.2, 0.25) is 0 Å². The van der Waals surface area contributed by atoms with Crippen LogP contribution in [0.1, 0.15) is 29.7 Å². The summed E-state index contributed by atoms with van der Waals surface area (Å²) in [4.78, 5) is 12.5. The summed E-state index contributed by atoms with van der Waals surface area (Å²) in [6.45, 7) is 4.85. The van der Waals surface area contributed by atoms with Crippen LogP contribution in [0.2, 0.25) is 0 Å². The van der Waals surface area contributed by atoms with Gasteiger partial charge in [0.05, 0.1) is 44.6 Å². The summed E-state index contributed by atoms with van der Waals surface area (Å²) in [7, 11) is 1.70. The zero-order valence-electron chi connectivity index (χ0n) is 19.7. The summed E-state index contributed by atoms with van der Waals surface area (Å²) in [5, 5.41) is 4.50. The fourth-order valence-corrected chi connectivity index (χ4v) is 4.43. The fourth-order valence-electron chi connectivity index (χ4n) is 4.43. The van der Waals surface area contributed by atoms with Crippen LogP contribution in [0.25, 0.3) is 11.8 Å². The third-order valence-electron chi connectivity index (χ3n) is 6.12. The van der Waals surface area contributed by atoms with Crippen LogP contribution in [-0.2, 0) is 16.2 Å². The molecule has 7 nitrogen and oxygen atoms in total. The highest BCUT2D eigenvalue weighted by Gasteiger charge is 2.29. The first-order valence-corrected chi connectivity index (χ1v) is 11.7. The van der Waals surface area contributed by atoms with Gasteiger partial charge in [-0.15, -0.1) is 0 Å². The molecule has 3 heterocycles. The molecule has 0 aliphatic carbocycles. The molecule has 2 aliphatic rings. The number of amidine groups is 1. The van der Waals surface area contributed by atoms with Crippen molar-refractivity contribution in [1.29, 1.82) is 0 Å². The Morgan fingerprint density at radius 3 is 2.85 bits per heavy atom. The van der Waals surface area contributed by atoms with Gasteiger partial charge in [0.15, 0.2) is 11.9 Å². The molecular weight excluding hydrogens is 428 g/mol. The zero-order valence-corrected chi connectivity index (χ0v) is 19.7. The van der Waals surface area contributed by atoms with Gasteiger partial charge in [-0.2, -0.15) is 0 Å². The Morgan fingerprint density at radius 2 is 2.06 bits per heavy atom. The maximum atomic E-state index is 5.88. The molecule has 7 heteroatoms. The molecule has 0 N–H and O–H groups in total. The van der Waals surface area contributed by atoms with E-state index < -0.39 is 0 Å². The van der Waals surface area contributed by atoms with Gasteiger partial charge >= 0.3 is 0 Å². The zero-order chi connectivity index (χ0) is 23.3. The van der Waals surface area contributed by atoms with Crippen molar-refractivity contribution in [3.63, 3.8) is 0 Å². The number of rotatable bonds is 7. The molecule has 1 aromatic heterocycles. The van der Waals surface area contributed by atoms with Gasteiger partial charge < -0.3 is 23.8 Å². The lowest BCUT2D eigenvalue weighted by Crippen LogP contribution is -2.47. The molecule has 2 aliphatic heterocycles. The third kappa shape index (κ3) is 4.99. The fraction of sp³-hybridized carbons (Fsp3) is 0.333. The average molecular weight is 459 g/mol. The first-order chi connectivity index (χ1) is 16.7. The van der Waals surface area contributed by atoms with Crippen molar-refractivity contribution in [3.05, 3.63) is 83.4 Å². The highest BCUT2D eigenvalue weighted by molar-refractivity contribution is 6.02. The minimum absolute atomic E-state index is 0.0650. The van der Waals surface area contributed by atoms with Gasteiger partial charge in [0.25, 0.3) is 0 Å². The van der Waals surface area contributed by atoms with Crippen molar-refractivity contribution in [2.75, 3.05) is 26.8 Å². The number of aryl methyl sites for hydroxylation is 1. The number of ether oxygens (including phenoxy) is 2. The van der Waals surface area contributed by atoms with E-state index in [1.54, 1.807) is 13.4 Å². The minimum Gasteiger partial charge on any atom is -0.495 e.